The molecule has 1 saturated heterocycles. The van der Waals surface area contributed by atoms with E-state index < -0.39 is 0 Å². The molecule has 0 saturated carbocycles. The summed E-state index contributed by atoms with van der Waals surface area (Å²) < 4.78 is 0. The van der Waals surface area contributed by atoms with E-state index in [1.807, 2.05) is 30.3 Å². The van der Waals surface area contributed by atoms with E-state index in [0.29, 0.717) is 0 Å². The normalized spacial score (nSPS) is 18.6. The summed E-state index contributed by atoms with van der Waals surface area (Å²) in [4.78, 5) is 11.5. The third-order valence-corrected chi connectivity index (χ3v) is 2.49. The summed E-state index contributed by atoms with van der Waals surface area (Å²) in [6.45, 7) is 1.82. The Labute approximate surface area is 95.2 Å². The highest BCUT2D eigenvalue weighted by Crippen LogP contribution is 1.97. The highest BCUT2D eigenvalue weighted by molar-refractivity contribution is 5.94. The third kappa shape index (κ3) is 3.11. The van der Waals surface area contributed by atoms with Gasteiger partial charge >= 0.3 is 0 Å². The van der Waals surface area contributed by atoms with Crippen LogP contribution in [0.3, 0.4) is 0 Å². The molecule has 1 aromatic rings. The Kier molecular flexibility index (Phi) is 3.58. The van der Waals surface area contributed by atoms with Gasteiger partial charge in [0.2, 0.25) is 0 Å². The van der Waals surface area contributed by atoms with Crippen LogP contribution < -0.4 is 10.6 Å². The zero-order chi connectivity index (χ0) is 11.2. The lowest BCUT2D eigenvalue weighted by atomic mass is 10.2. The molecule has 2 N–H and O–H groups in total. The molecule has 1 aliphatic rings. The van der Waals surface area contributed by atoms with Crippen LogP contribution in [0.2, 0.25) is 0 Å². The first-order valence-electron chi connectivity index (χ1n) is 5.43. The van der Waals surface area contributed by atoms with Gasteiger partial charge in [0.15, 0.2) is 0 Å². The molecule has 1 aromatic carbocycles. The zero-order valence-electron chi connectivity index (χ0n) is 8.99. The number of rotatable bonds is 1. The molecule has 3 nitrogen and oxygen atoms in total. The van der Waals surface area contributed by atoms with Crippen LogP contribution in [-0.4, -0.2) is 25.0 Å². The van der Waals surface area contributed by atoms with Crippen LogP contribution in [0.4, 0.5) is 0 Å². The van der Waals surface area contributed by atoms with Crippen LogP contribution >= 0.6 is 0 Å². The summed E-state index contributed by atoms with van der Waals surface area (Å²) in [5.74, 6) is 5.24. The molecule has 0 radical (unpaired) electrons. The molecule has 1 unspecified atom stereocenters. The molecular weight excluding hydrogens is 200 g/mol. The Bertz CT molecular complexity index is 411. The Morgan fingerprint density at radius 3 is 2.88 bits per heavy atom. The van der Waals surface area contributed by atoms with Crippen molar-refractivity contribution in [3.8, 4) is 11.8 Å². The average Bonchev–Trinajstić information content (AvgIpc) is 2.81. The molecule has 1 amide bonds. The van der Waals surface area contributed by atoms with E-state index in [1.54, 1.807) is 0 Å². The van der Waals surface area contributed by atoms with Crippen molar-refractivity contribution in [3.63, 3.8) is 0 Å². The van der Waals surface area contributed by atoms with Crippen LogP contribution in [0.15, 0.2) is 30.3 Å². The van der Waals surface area contributed by atoms with E-state index in [-0.39, 0.29) is 11.9 Å². The molecule has 0 spiro atoms. The monoisotopic (exact) mass is 214 g/mol. The first kappa shape index (κ1) is 10.7. The van der Waals surface area contributed by atoms with Gasteiger partial charge in [-0.1, -0.05) is 24.1 Å². The lowest BCUT2D eigenvalue weighted by Gasteiger charge is -2.06. The van der Waals surface area contributed by atoms with E-state index in [1.165, 1.54) is 0 Å². The van der Waals surface area contributed by atoms with E-state index in [2.05, 4.69) is 22.5 Å². The van der Waals surface area contributed by atoms with Crippen LogP contribution in [0, 0.1) is 11.8 Å². The highest BCUT2D eigenvalue weighted by Gasteiger charge is 2.15. The lowest BCUT2D eigenvalue weighted by molar-refractivity contribution is -0.116. The topological polar surface area (TPSA) is 41.1 Å². The summed E-state index contributed by atoms with van der Waals surface area (Å²) >= 11 is 0. The predicted molar refractivity (Wildman–Crippen MR) is 62.7 cm³/mol. The summed E-state index contributed by atoms with van der Waals surface area (Å²) in [5, 5.41) is 6.06. The number of nitrogens with one attached hydrogen (secondary N) is 2. The average molecular weight is 214 g/mol. The molecule has 3 heteroatoms. The Balaban J connectivity index is 1.89. The maximum atomic E-state index is 11.5. The molecule has 1 atom stereocenters. The second-order valence-electron chi connectivity index (χ2n) is 3.78. The predicted octanol–water partition coefficient (Wildman–Crippen LogP) is 0.516. The highest BCUT2D eigenvalue weighted by atomic mass is 16.1. The van der Waals surface area contributed by atoms with Gasteiger partial charge in [-0.05, 0) is 25.1 Å². The SMILES string of the molecule is O=C(C#Cc1ccccc1)NC1CCNC1. The maximum absolute atomic E-state index is 11.5. The van der Waals surface area contributed by atoms with Gasteiger partial charge < -0.3 is 10.6 Å². The Morgan fingerprint density at radius 1 is 1.38 bits per heavy atom. The summed E-state index contributed by atoms with van der Waals surface area (Å²) in [6, 6.07) is 9.74. The molecule has 16 heavy (non-hydrogen) atoms. The summed E-state index contributed by atoms with van der Waals surface area (Å²) in [5.41, 5.74) is 0.863. The Morgan fingerprint density at radius 2 is 2.19 bits per heavy atom. The minimum atomic E-state index is -0.197. The van der Waals surface area contributed by atoms with Crippen LogP contribution in [0.25, 0.3) is 0 Å². The van der Waals surface area contributed by atoms with Crippen molar-refractivity contribution in [2.45, 2.75) is 12.5 Å². The molecule has 0 aromatic heterocycles. The van der Waals surface area contributed by atoms with Crippen molar-refractivity contribution in [2.24, 2.45) is 0 Å². The van der Waals surface area contributed by atoms with Crippen molar-refractivity contribution < 1.29 is 4.79 Å². The Hall–Kier alpha value is -1.79. The molecule has 1 fully saturated rings. The number of carbonyl (C=O) groups is 1. The van der Waals surface area contributed by atoms with Gasteiger partial charge in [-0.3, -0.25) is 4.79 Å². The van der Waals surface area contributed by atoms with Gasteiger partial charge in [0, 0.05) is 24.1 Å². The van der Waals surface area contributed by atoms with Crippen molar-refractivity contribution in [1.82, 2.24) is 10.6 Å². The summed E-state index contributed by atoms with van der Waals surface area (Å²) in [7, 11) is 0. The van der Waals surface area contributed by atoms with Gasteiger partial charge in [-0.2, -0.15) is 0 Å². The molecule has 0 bridgehead atoms. The van der Waals surface area contributed by atoms with Crippen molar-refractivity contribution in [1.29, 1.82) is 0 Å². The van der Waals surface area contributed by atoms with Gasteiger partial charge in [0.25, 0.3) is 5.91 Å². The standard InChI is InChI=1S/C13H14N2O/c16-13(15-12-8-9-14-10-12)7-6-11-4-2-1-3-5-11/h1-5,12,14H,8-10H2,(H,15,16). The second kappa shape index (κ2) is 5.34. The molecule has 2 rings (SSSR count). The lowest BCUT2D eigenvalue weighted by Crippen LogP contribution is -2.35. The fourth-order valence-electron chi connectivity index (χ4n) is 1.65. The van der Waals surface area contributed by atoms with Crippen molar-refractivity contribution >= 4 is 5.91 Å². The zero-order valence-corrected chi connectivity index (χ0v) is 8.99. The van der Waals surface area contributed by atoms with Crippen LogP contribution in [0.1, 0.15) is 12.0 Å². The van der Waals surface area contributed by atoms with Gasteiger partial charge in [-0.15, -0.1) is 0 Å². The van der Waals surface area contributed by atoms with Gasteiger partial charge in [0.05, 0.1) is 0 Å². The second-order valence-corrected chi connectivity index (χ2v) is 3.78. The fourth-order valence-corrected chi connectivity index (χ4v) is 1.65. The number of hydrogen-bond acceptors (Lipinski definition) is 2. The molecule has 1 aliphatic heterocycles. The maximum Gasteiger partial charge on any atom is 0.296 e. The molecule has 0 aliphatic carbocycles. The summed E-state index contributed by atoms with van der Waals surface area (Å²) in [6.07, 6.45) is 0.985. The quantitative estimate of drug-likeness (QED) is 0.669. The molecular formula is C13H14N2O. The van der Waals surface area contributed by atoms with Crippen molar-refractivity contribution in [3.05, 3.63) is 35.9 Å². The number of benzene rings is 1. The molecule has 82 valence electrons. The first-order chi connectivity index (χ1) is 7.84. The minimum absolute atomic E-state index is 0.197. The minimum Gasteiger partial charge on any atom is -0.341 e. The number of amides is 1. The molecule has 1 heterocycles. The number of carbonyl (C=O) groups excluding carboxylic acids is 1. The van der Waals surface area contributed by atoms with E-state index in [0.717, 1.165) is 25.1 Å². The largest absolute Gasteiger partial charge is 0.341 e. The van der Waals surface area contributed by atoms with E-state index in [9.17, 15) is 4.79 Å². The van der Waals surface area contributed by atoms with Crippen LogP contribution in [-0.2, 0) is 4.79 Å². The van der Waals surface area contributed by atoms with Crippen molar-refractivity contribution in [2.75, 3.05) is 13.1 Å². The van der Waals surface area contributed by atoms with Crippen LogP contribution in [0.5, 0.6) is 0 Å². The first-order valence-corrected chi connectivity index (χ1v) is 5.43. The number of hydrogen-bond donors (Lipinski definition) is 2. The fraction of sp³-hybridized carbons (Fsp3) is 0.308. The van der Waals surface area contributed by atoms with E-state index >= 15 is 0 Å². The van der Waals surface area contributed by atoms with E-state index in [4.69, 9.17) is 0 Å². The third-order valence-electron chi connectivity index (χ3n) is 2.49. The smallest absolute Gasteiger partial charge is 0.296 e. The van der Waals surface area contributed by atoms with Gasteiger partial charge in [0.1, 0.15) is 0 Å². The van der Waals surface area contributed by atoms with Gasteiger partial charge in [-0.25, -0.2) is 0 Å².